The van der Waals surface area contributed by atoms with E-state index in [1.165, 1.54) is 36.4 Å². The third kappa shape index (κ3) is 6.01. The molecule has 0 fully saturated rings. The molecule has 0 aliphatic carbocycles. The van der Waals surface area contributed by atoms with Gasteiger partial charge in [0.05, 0.1) is 28.1 Å². The number of esters is 1. The highest BCUT2D eigenvalue weighted by Crippen LogP contribution is 2.29. The number of nitro benzene ring substituents is 1. The highest BCUT2D eigenvalue weighted by atomic mass is 32.2. The number of nitrogens with zero attached hydrogens (tertiary/aromatic N) is 1. The van der Waals surface area contributed by atoms with Gasteiger partial charge in [-0.2, -0.15) is 0 Å². The van der Waals surface area contributed by atoms with Crippen molar-refractivity contribution in [1.29, 1.82) is 0 Å². The van der Waals surface area contributed by atoms with Gasteiger partial charge in [0.25, 0.3) is 11.6 Å². The smallest absolute Gasteiger partial charge is 0.338 e. The van der Waals surface area contributed by atoms with Crippen LogP contribution in [0.4, 0.5) is 11.4 Å². The molecular formula is C18H18N2O8S. The molecule has 1 amide bonds. The topological polar surface area (TPSA) is 142 Å². The number of amides is 1. The average molecular weight is 422 g/mol. The number of nitrogens with one attached hydrogen (secondary N) is 1. The summed E-state index contributed by atoms with van der Waals surface area (Å²) in [7, 11) is -3.51. The van der Waals surface area contributed by atoms with E-state index in [2.05, 4.69) is 5.32 Å². The molecule has 11 heteroatoms. The summed E-state index contributed by atoms with van der Waals surface area (Å²) >= 11 is 0. The Labute approximate surface area is 166 Å². The minimum atomic E-state index is -3.51. The number of hydrogen-bond acceptors (Lipinski definition) is 8. The van der Waals surface area contributed by atoms with Crippen molar-refractivity contribution in [2.75, 3.05) is 24.8 Å². The first-order chi connectivity index (χ1) is 13.6. The molecule has 0 atom stereocenters. The number of carbonyl (C=O) groups is 2. The molecule has 0 bridgehead atoms. The van der Waals surface area contributed by atoms with Gasteiger partial charge in [-0.15, -0.1) is 0 Å². The van der Waals surface area contributed by atoms with E-state index in [0.717, 1.165) is 12.3 Å². The zero-order valence-electron chi connectivity index (χ0n) is 15.6. The first-order valence-corrected chi connectivity index (χ1v) is 10.2. The number of benzene rings is 2. The summed E-state index contributed by atoms with van der Waals surface area (Å²) in [6.45, 7) is 1.33. The number of anilines is 1. The van der Waals surface area contributed by atoms with Crippen molar-refractivity contribution in [3.63, 3.8) is 0 Å². The lowest BCUT2D eigenvalue weighted by Crippen LogP contribution is -2.21. The van der Waals surface area contributed by atoms with Crippen molar-refractivity contribution in [1.82, 2.24) is 0 Å². The normalized spacial score (nSPS) is 10.8. The molecule has 0 aromatic heterocycles. The maximum atomic E-state index is 12.1. The molecule has 0 spiro atoms. The lowest BCUT2D eigenvalue weighted by atomic mass is 10.2. The van der Waals surface area contributed by atoms with Crippen LogP contribution in [0.2, 0.25) is 0 Å². The Morgan fingerprint density at radius 3 is 2.52 bits per heavy atom. The fraction of sp³-hybridized carbons (Fsp3) is 0.222. The second-order valence-electron chi connectivity index (χ2n) is 5.79. The van der Waals surface area contributed by atoms with Crippen LogP contribution in [0, 0.1) is 10.1 Å². The van der Waals surface area contributed by atoms with Gasteiger partial charge in [0.1, 0.15) is 11.4 Å². The maximum absolute atomic E-state index is 12.1. The van der Waals surface area contributed by atoms with E-state index in [0.29, 0.717) is 6.61 Å². The second-order valence-corrected chi connectivity index (χ2v) is 7.81. The molecule has 154 valence electrons. The molecule has 0 radical (unpaired) electrons. The van der Waals surface area contributed by atoms with Crippen molar-refractivity contribution in [3.05, 3.63) is 58.1 Å². The maximum Gasteiger partial charge on any atom is 0.338 e. The average Bonchev–Trinajstić information content (AvgIpc) is 2.66. The lowest BCUT2D eigenvalue weighted by Gasteiger charge is -2.09. The molecule has 10 nitrogen and oxygen atoms in total. The predicted molar refractivity (Wildman–Crippen MR) is 103 cm³/mol. The van der Waals surface area contributed by atoms with E-state index in [1.54, 1.807) is 6.92 Å². The lowest BCUT2D eigenvalue weighted by molar-refractivity contribution is -0.384. The van der Waals surface area contributed by atoms with Crippen LogP contribution >= 0.6 is 0 Å². The van der Waals surface area contributed by atoms with Gasteiger partial charge in [0.15, 0.2) is 16.4 Å². The van der Waals surface area contributed by atoms with E-state index >= 15 is 0 Å². The SMILES string of the molecule is CCOc1ccc(NC(=O)COC(=O)c2cccc(S(C)(=O)=O)c2)c([N+](=O)[O-])c1. The molecule has 0 saturated heterocycles. The number of ether oxygens (including phenoxy) is 2. The largest absolute Gasteiger partial charge is 0.494 e. The summed E-state index contributed by atoms with van der Waals surface area (Å²) in [5.74, 6) is -1.44. The number of sulfone groups is 1. The van der Waals surface area contributed by atoms with Crippen LogP contribution in [0.5, 0.6) is 5.75 Å². The van der Waals surface area contributed by atoms with E-state index in [4.69, 9.17) is 9.47 Å². The summed E-state index contributed by atoms with van der Waals surface area (Å²) in [6, 6.07) is 9.09. The fourth-order valence-corrected chi connectivity index (χ4v) is 2.95. The van der Waals surface area contributed by atoms with Crippen molar-refractivity contribution in [2.24, 2.45) is 0 Å². The molecule has 2 rings (SSSR count). The van der Waals surface area contributed by atoms with Gasteiger partial charge in [0, 0.05) is 6.26 Å². The standard InChI is InChI=1S/C18H18N2O8S/c1-3-27-13-7-8-15(16(10-13)20(23)24)19-17(21)11-28-18(22)12-5-4-6-14(9-12)29(2,25)26/h4-10H,3,11H2,1-2H3,(H,19,21). The van der Waals surface area contributed by atoms with Gasteiger partial charge in [-0.1, -0.05) is 6.07 Å². The Kier molecular flexibility index (Phi) is 6.89. The monoisotopic (exact) mass is 422 g/mol. The highest BCUT2D eigenvalue weighted by Gasteiger charge is 2.19. The van der Waals surface area contributed by atoms with Crippen LogP contribution in [0.1, 0.15) is 17.3 Å². The fourth-order valence-electron chi connectivity index (χ4n) is 2.28. The van der Waals surface area contributed by atoms with Crippen LogP contribution in [0.15, 0.2) is 47.4 Å². The van der Waals surface area contributed by atoms with Gasteiger partial charge in [0.2, 0.25) is 0 Å². The number of carbonyl (C=O) groups excluding carboxylic acids is 2. The summed E-state index contributed by atoms with van der Waals surface area (Å²) in [5, 5.41) is 13.5. The van der Waals surface area contributed by atoms with Crippen molar-refractivity contribution >= 4 is 33.1 Å². The Morgan fingerprint density at radius 1 is 1.17 bits per heavy atom. The summed E-state index contributed by atoms with van der Waals surface area (Å²) in [4.78, 5) is 34.5. The van der Waals surface area contributed by atoms with Gasteiger partial charge >= 0.3 is 5.97 Å². The van der Waals surface area contributed by atoms with E-state index in [-0.39, 0.29) is 27.6 Å². The first kappa shape index (κ1) is 21.8. The van der Waals surface area contributed by atoms with Gasteiger partial charge in [-0.05, 0) is 37.3 Å². The van der Waals surface area contributed by atoms with Crippen molar-refractivity contribution in [3.8, 4) is 5.75 Å². The summed E-state index contributed by atoms with van der Waals surface area (Å²) in [6.07, 6.45) is 0.995. The summed E-state index contributed by atoms with van der Waals surface area (Å²) in [5.41, 5.74) is -0.511. The Hall–Kier alpha value is -3.47. The number of hydrogen-bond donors (Lipinski definition) is 1. The molecule has 2 aromatic carbocycles. The zero-order chi connectivity index (χ0) is 21.6. The first-order valence-electron chi connectivity index (χ1n) is 8.30. The van der Waals surface area contributed by atoms with Crippen LogP contribution in [-0.4, -0.2) is 44.7 Å². The molecule has 2 aromatic rings. The third-order valence-corrected chi connectivity index (χ3v) is 4.69. The Balaban J connectivity index is 2.05. The molecule has 0 aliphatic heterocycles. The quantitative estimate of drug-likeness (QED) is 0.387. The minimum Gasteiger partial charge on any atom is -0.494 e. The van der Waals surface area contributed by atoms with Crippen LogP contribution in [-0.2, 0) is 19.4 Å². The van der Waals surface area contributed by atoms with Gasteiger partial charge < -0.3 is 14.8 Å². The molecule has 1 N–H and O–H groups in total. The van der Waals surface area contributed by atoms with E-state index < -0.39 is 33.2 Å². The second kappa shape index (κ2) is 9.15. The summed E-state index contributed by atoms with van der Waals surface area (Å²) < 4.78 is 33.1. The molecule has 29 heavy (non-hydrogen) atoms. The van der Waals surface area contributed by atoms with Crippen molar-refractivity contribution < 1.29 is 32.4 Å². The van der Waals surface area contributed by atoms with Gasteiger partial charge in [-0.25, -0.2) is 13.2 Å². The van der Waals surface area contributed by atoms with E-state index in [9.17, 15) is 28.1 Å². The molecule has 0 heterocycles. The zero-order valence-corrected chi connectivity index (χ0v) is 16.4. The third-order valence-electron chi connectivity index (χ3n) is 3.58. The predicted octanol–water partition coefficient (Wildman–Crippen LogP) is 2.19. The number of rotatable bonds is 8. The minimum absolute atomic E-state index is 0.0484. The Bertz CT molecular complexity index is 1050. The van der Waals surface area contributed by atoms with Crippen LogP contribution in [0.3, 0.4) is 0 Å². The number of nitro groups is 1. The molecule has 0 saturated carbocycles. The molecular weight excluding hydrogens is 404 g/mol. The van der Waals surface area contributed by atoms with Crippen LogP contribution in [0.25, 0.3) is 0 Å². The molecule has 0 unspecified atom stereocenters. The van der Waals surface area contributed by atoms with E-state index in [1.807, 2.05) is 0 Å². The molecule has 0 aliphatic rings. The van der Waals surface area contributed by atoms with Gasteiger partial charge in [-0.3, -0.25) is 14.9 Å². The van der Waals surface area contributed by atoms with Crippen molar-refractivity contribution in [2.45, 2.75) is 11.8 Å². The van der Waals surface area contributed by atoms with Crippen LogP contribution < -0.4 is 10.1 Å². The highest BCUT2D eigenvalue weighted by molar-refractivity contribution is 7.90. The Morgan fingerprint density at radius 2 is 1.90 bits per heavy atom.